The Balaban J connectivity index is 1.98. The fourth-order valence-corrected chi connectivity index (χ4v) is 7.83. The Morgan fingerprint density at radius 3 is 2.16 bits per heavy atom. The number of aryl methyl sites for hydroxylation is 2. The van der Waals surface area contributed by atoms with Crippen LogP contribution in [0.4, 0.5) is 4.39 Å². The molecule has 0 aliphatic rings. The van der Waals surface area contributed by atoms with Gasteiger partial charge < -0.3 is 4.74 Å². The van der Waals surface area contributed by atoms with Crippen molar-refractivity contribution in [3.63, 3.8) is 0 Å². The average molecular weight is 484 g/mol. The van der Waals surface area contributed by atoms with Crippen molar-refractivity contribution in [2.24, 2.45) is 0 Å². The highest BCUT2D eigenvalue weighted by Gasteiger charge is 2.32. The number of hydrogen-bond donors (Lipinski definition) is 1. The molecule has 0 aliphatic heterocycles. The zero-order valence-corrected chi connectivity index (χ0v) is 19.6. The zero-order valence-electron chi connectivity index (χ0n) is 17.1. The maximum atomic E-state index is 13.4. The van der Waals surface area contributed by atoms with Gasteiger partial charge in [-0.1, -0.05) is 18.2 Å². The minimum Gasteiger partial charge on any atom is -0.497 e. The molecule has 1 atom stereocenters. The van der Waals surface area contributed by atoms with Crippen LogP contribution in [0.15, 0.2) is 63.0 Å². The summed E-state index contributed by atoms with van der Waals surface area (Å²) in [6.07, 6.45) is 0. The Hall–Kier alpha value is -2.27. The quantitative estimate of drug-likeness (QED) is 0.523. The van der Waals surface area contributed by atoms with E-state index in [0.717, 1.165) is 23.5 Å². The van der Waals surface area contributed by atoms with Crippen LogP contribution < -0.4 is 9.46 Å². The van der Waals surface area contributed by atoms with Gasteiger partial charge in [0.2, 0.25) is 10.0 Å². The van der Waals surface area contributed by atoms with E-state index in [2.05, 4.69) is 4.72 Å². The molecule has 1 heterocycles. The number of thiophene rings is 1. The Kier molecular flexibility index (Phi) is 6.85. The van der Waals surface area contributed by atoms with Crippen molar-refractivity contribution < 1.29 is 26.0 Å². The fourth-order valence-electron chi connectivity index (χ4n) is 3.36. The molecule has 2 aromatic carbocycles. The molecule has 1 N–H and O–H groups in total. The minimum absolute atomic E-state index is 0.0691. The van der Waals surface area contributed by atoms with E-state index in [-0.39, 0.29) is 9.10 Å². The maximum absolute atomic E-state index is 13.4. The zero-order chi connectivity index (χ0) is 22.8. The first-order valence-corrected chi connectivity index (χ1v) is 13.1. The molecule has 6 nitrogen and oxygen atoms in total. The van der Waals surface area contributed by atoms with Crippen molar-refractivity contribution in [3.05, 3.63) is 76.4 Å². The number of sulfonamides is 1. The van der Waals surface area contributed by atoms with Gasteiger partial charge in [-0.15, -0.1) is 11.3 Å². The van der Waals surface area contributed by atoms with E-state index in [9.17, 15) is 21.2 Å². The predicted molar refractivity (Wildman–Crippen MR) is 118 cm³/mol. The highest BCUT2D eigenvalue weighted by molar-refractivity contribution is 7.93. The molecule has 10 heteroatoms. The molecule has 3 rings (SSSR count). The van der Waals surface area contributed by atoms with E-state index in [1.54, 1.807) is 37.4 Å². The molecule has 3 aromatic rings. The van der Waals surface area contributed by atoms with E-state index in [1.807, 2.05) is 0 Å². The molecule has 1 aromatic heterocycles. The molecule has 0 radical (unpaired) electrons. The summed E-state index contributed by atoms with van der Waals surface area (Å²) in [5.41, 5.74) is 1.24. The number of rotatable bonds is 8. The molecular weight excluding hydrogens is 461 g/mol. The van der Waals surface area contributed by atoms with Crippen LogP contribution in [0.5, 0.6) is 5.75 Å². The first-order chi connectivity index (χ1) is 14.6. The van der Waals surface area contributed by atoms with Gasteiger partial charge in [0.05, 0.1) is 12.0 Å². The van der Waals surface area contributed by atoms with Gasteiger partial charge in [-0.05, 0) is 66.2 Å². The third-order valence-electron chi connectivity index (χ3n) is 4.79. The second kappa shape index (κ2) is 9.07. The standard InChI is InChI=1S/C21H22FNO5S3/c1-14-11-18(28-3)12-15(2)21(14)31(26,27)23-13-19(16-6-8-17(22)9-7-16)30(24,25)20-5-4-10-29-20/h4-12,19,23H,13H2,1-3H3/t19-/m0/s1. The number of hydrogen-bond acceptors (Lipinski definition) is 6. The van der Waals surface area contributed by atoms with Gasteiger partial charge >= 0.3 is 0 Å². The van der Waals surface area contributed by atoms with Gasteiger partial charge in [0.25, 0.3) is 0 Å². The molecule has 0 unspecified atom stereocenters. The third-order valence-corrected chi connectivity index (χ3v) is 10.0. The lowest BCUT2D eigenvalue weighted by molar-refractivity contribution is 0.413. The van der Waals surface area contributed by atoms with Crippen molar-refractivity contribution >= 4 is 31.2 Å². The van der Waals surface area contributed by atoms with Gasteiger partial charge in [0, 0.05) is 6.54 Å². The van der Waals surface area contributed by atoms with E-state index < -0.39 is 37.5 Å². The fraction of sp³-hybridized carbons (Fsp3) is 0.238. The van der Waals surface area contributed by atoms with Crippen molar-refractivity contribution in [1.29, 1.82) is 0 Å². The first kappa shape index (κ1) is 23.4. The molecule has 166 valence electrons. The van der Waals surface area contributed by atoms with E-state index in [0.29, 0.717) is 22.4 Å². The number of methoxy groups -OCH3 is 1. The summed E-state index contributed by atoms with van der Waals surface area (Å²) in [7, 11) is -6.45. The van der Waals surface area contributed by atoms with Crippen molar-refractivity contribution in [2.45, 2.75) is 28.2 Å². The molecule has 0 saturated heterocycles. The highest BCUT2D eigenvalue weighted by atomic mass is 32.2. The van der Waals surface area contributed by atoms with Gasteiger partial charge in [-0.3, -0.25) is 0 Å². The lowest BCUT2D eigenvalue weighted by Gasteiger charge is -2.19. The van der Waals surface area contributed by atoms with Gasteiger partial charge in [0.1, 0.15) is 21.0 Å². The summed E-state index contributed by atoms with van der Waals surface area (Å²) in [6, 6.07) is 11.3. The Bertz CT molecular complexity index is 1250. The summed E-state index contributed by atoms with van der Waals surface area (Å²) in [6.45, 7) is 2.88. The van der Waals surface area contributed by atoms with Crippen LogP contribution in [0.2, 0.25) is 0 Å². The number of nitrogens with one attached hydrogen (secondary N) is 1. The van der Waals surface area contributed by atoms with Gasteiger partial charge in [-0.2, -0.15) is 0 Å². The summed E-state index contributed by atoms with van der Waals surface area (Å²) in [5.74, 6) is 0.0134. The van der Waals surface area contributed by atoms with Crippen LogP contribution >= 0.6 is 11.3 Å². The second-order valence-electron chi connectivity index (χ2n) is 6.96. The van der Waals surface area contributed by atoms with E-state index >= 15 is 0 Å². The average Bonchev–Trinajstić information content (AvgIpc) is 3.24. The van der Waals surface area contributed by atoms with Crippen LogP contribution in [0.25, 0.3) is 0 Å². The number of sulfone groups is 1. The Morgan fingerprint density at radius 2 is 1.65 bits per heavy atom. The molecule has 0 spiro atoms. The highest BCUT2D eigenvalue weighted by Crippen LogP contribution is 2.32. The van der Waals surface area contributed by atoms with Crippen LogP contribution in [-0.4, -0.2) is 30.5 Å². The summed E-state index contributed by atoms with van der Waals surface area (Å²) < 4.78 is 73.7. The maximum Gasteiger partial charge on any atom is 0.241 e. The molecule has 0 aliphatic carbocycles. The van der Waals surface area contributed by atoms with Gasteiger partial charge in [-0.25, -0.2) is 25.9 Å². The van der Waals surface area contributed by atoms with Crippen molar-refractivity contribution in [2.75, 3.05) is 13.7 Å². The van der Waals surface area contributed by atoms with E-state index in [1.165, 1.54) is 25.3 Å². The topological polar surface area (TPSA) is 89.5 Å². The van der Waals surface area contributed by atoms with Crippen molar-refractivity contribution in [1.82, 2.24) is 4.72 Å². The van der Waals surface area contributed by atoms with Crippen molar-refractivity contribution in [3.8, 4) is 5.75 Å². The number of halogens is 1. The second-order valence-corrected chi connectivity index (χ2v) is 12.0. The normalized spacial score (nSPS) is 13.2. The lowest BCUT2D eigenvalue weighted by atomic mass is 10.1. The number of ether oxygens (including phenoxy) is 1. The first-order valence-electron chi connectivity index (χ1n) is 9.24. The molecule has 0 fully saturated rings. The Labute approximate surface area is 185 Å². The van der Waals surface area contributed by atoms with Crippen LogP contribution in [0.1, 0.15) is 21.9 Å². The summed E-state index contributed by atoms with van der Waals surface area (Å²) in [4.78, 5) is 0.0691. The SMILES string of the molecule is COc1cc(C)c(S(=O)(=O)NC[C@@H](c2ccc(F)cc2)S(=O)(=O)c2cccs2)c(C)c1. The van der Waals surface area contributed by atoms with Crippen LogP contribution in [0, 0.1) is 19.7 Å². The largest absolute Gasteiger partial charge is 0.497 e. The van der Waals surface area contributed by atoms with Crippen LogP contribution in [0.3, 0.4) is 0 Å². The predicted octanol–water partition coefficient (Wildman–Crippen LogP) is 4.01. The molecule has 0 amide bonds. The monoisotopic (exact) mass is 483 g/mol. The summed E-state index contributed by atoms with van der Waals surface area (Å²) in [5, 5.41) is 0.406. The third kappa shape index (κ3) is 4.98. The Morgan fingerprint density at radius 1 is 1.03 bits per heavy atom. The van der Waals surface area contributed by atoms with Gasteiger partial charge in [0.15, 0.2) is 9.84 Å². The summed E-state index contributed by atoms with van der Waals surface area (Å²) >= 11 is 1.04. The smallest absolute Gasteiger partial charge is 0.241 e. The molecule has 0 saturated carbocycles. The molecule has 31 heavy (non-hydrogen) atoms. The molecule has 0 bridgehead atoms. The van der Waals surface area contributed by atoms with Crippen LogP contribution in [-0.2, 0) is 19.9 Å². The molecular formula is C21H22FNO5S3. The lowest BCUT2D eigenvalue weighted by Crippen LogP contribution is -2.32. The number of benzene rings is 2. The minimum atomic E-state index is -4.03. The van der Waals surface area contributed by atoms with E-state index in [4.69, 9.17) is 4.74 Å².